The Morgan fingerprint density at radius 2 is 2.18 bits per heavy atom. The molecule has 0 radical (unpaired) electrons. The molecule has 0 saturated carbocycles. The summed E-state index contributed by atoms with van der Waals surface area (Å²) in [6.07, 6.45) is 0.417. The van der Waals surface area contributed by atoms with Crippen LogP contribution < -0.4 is 5.73 Å². The summed E-state index contributed by atoms with van der Waals surface area (Å²) in [5.41, 5.74) is 6.42. The number of carbonyl (C=O) groups is 1. The van der Waals surface area contributed by atoms with Gasteiger partial charge in [-0.25, -0.2) is 0 Å². The van der Waals surface area contributed by atoms with Crippen LogP contribution >= 0.6 is 15.9 Å². The van der Waals surface area contributed by atoms with Gasteiger partial charge in [-0.3, -0.25) is 4.79 Å². The second kappa shape index (κ2) is 4.88. The Hall–Kier alpha value is -0.710. The molecule has 3 nitrogen and oxygen atoms in total. The van der Waals surface area contributed by atoms with E-state index in [1.165, 1.54) is 0 Å². The standard InChI is InChI=1S/C13H16BrNO2/c1-13(8-17-7-11(13)15)12(16)6-9-2-4-10(14)5-3-9/h2-5,11H,6-8,15H2,1H3. The van der Waals surface area contributed by atoms with E-state index in [1.807, 2.05) is 31.2 Å². The van der Waals surface area contributed by atoms with Gasteiger partial charge in [0.05, 0.1) is 18.6 Å². The van der Waals surface area contributed by atoms with Crippen LogP contribution in [0.4, 0.5) is 0 Å². The highest BCUT2D eigenvalue weighted by Crippen LogP contribution is 2.29. The monoisotopic (exact) mass is 297 g/mol. The molecule has 1 heterocycles. The fourth-order valence-corrected chi connectivity index (χ4v) is 2.23. The topological polar surface area (TPSA) is 52.3 Å². The minimum Gasteiger partial charge on any atom is -0.379 e. The van der Waals surface area contributed by atoms with E-state index in [1.54, 1.807) is 0 Å². The number of ketones is 1. The third kappa shape index (κ3) is 2.59. The van der Waals surface area contributed by atoms with Crippen molar-refractivity contribution >= 4 is 21.7 Å². The first-order valence-electron chi connectivity index (χ1n) is 5.63. The van der Waals surface area contributed by atoms with Gasteiger partial charge >= 0.3 is 0 Å². The average molecular weight is 298 g/mol. The highest BCUT2D eigenvalue weighted by molar-refractivity contribution is 9.10. The van der Waals surface area contributed by atoms with Gasteiger partial charge < -0.3 is 10.5 Å². The lowest BCUT2D eigenvalue weighted by atomic mass is 9.79. The predicted octanol–water partition coefficient (Wildman–Crippen LogP) is 1.92. The van der Waals surface area contributed by atoms with Crippen molar-refractivity contribution in [2.45, 2.75) is 19.4 Å². The van der Waals surface area contributed by atoms with E-state index in [-0.39, 0.29) is 11.8 Å². The van der Waals surface area contributed by atoms with E-state index in [4.69, 9.17) is 10.5 Å². The summed E-state index contributed by atoms with van der Waals surface area (Å²) in [7, 11) is 0. The van der Waals surface area contributed by atoms with Crippen LogP contribution in [0, 0.1) is 5.41 Å². The summed E-state index contributed by atoms with van der Waals surface area (Å²) < 4.78 is 6.31. The third-order valence-corrected chi connectivity index (χ3v) is 3.96. The Kier molecular flexibility index (Phi) is 3.66. The molecule has 0 bridgehead atoms. The SMILES string of the molecule is CC1(C(=O)Cc2ccc(Br)cc2)COCC1N. The summed E-state index contributed by atoms with van der Waals surface area (Å²) in [5, 5.41) is 0. The van der Waals surface area contributed by atoms with Gasteiger partial charge in [0.25, 0.3) is 0 Å². The van der Waals surface area contributed by atoms with Gasteiger partial charge in [-0.2, -0.15) is 0 Å². The molecule has 1 saturated heterocycles. The van der Waals surface area contributed by atoms with E-state index in [9.17, 15) is 4.79 Å². The first-order chi connectivity index (χ1) is 8.02. The molecular weight excluding hydrogens is 282 g/mol. The normalized spacial score (nSPS) is 28.3. The van der Waals surface area contributed by atoms with Crippen molar-refractivity contribution in [1.29, 1.82) is 0 Å². The molecule has 2 rings (SSSR count). The zero-order chi connectivity index (χ0) is 12.5. The van der Waals surface area contributed by atoms with E-state index in [2.05, 4.69) is 15.9 Å². The maximum Gasteiger partial charge on any atom is 0.147 e. The van der Waals surface area contributed by atoms with Crippen molar-refractivity contribution in [3.05, 3.63) is 34.3 Å². The smallest absolute Gasteiger partial charge is 0.147 e. The molecule has 1 aromatic carbocycles. The maximum absolute atomic E-state index is 12.3. The third-order valence-electron chi connectivity index (χ3n) is 3.43. The van der Waals surface area contributed by atoms with Gasteiger partial charge in [0, 0.05) is 16.9 Å². The number of nitrogens with two attached hydrogens (primary N) is 1. The van der Waals surface area contributed by atoms with Crippen molar-refractivity contribution in [2.24, 2.45) is 11.1 Å². The number of benzene rings is 1. The summed E-state index contributed by atoms with van der Waals surface area (Å²) >= 11 is 3.37. The zero-order valence-corrected chi connectivity index (χ0v) is 11.4. The van der Waals surface area contributed by atoms with E-state index in [0.717, 1.165) is 10.0 Å². The van der Waals surface area contributed by atoms with E-state index < -0.39 is 5.41 Å². The molecule has 0 aromatic heterocycles. The van der Waals surface area contributed by atoms with Crippen LogP contribution in [-0.4, -0.2) is 25.0 Å². The molecule has 1 fully saturated rings. The molecule has 2 unspecified atom stereocenters. The number of ether oxygens (including phenoxy) is 1. The minimum absolute atomic E-state index is 0.157. The average Bonchev–Trinajstić information content (AvgIpc) is 2.64. The fourth-order valence-electron chi connectivity index (χ4n) is 1.97. The number of halogens is 1. The van der Waals surface area contributed by atoms with Crippen LogP contribution in [0.1, 0.15) is 12.5 Å². The largest absolute Gasteiger partial charge is 0.379 e. The molecule has 17 heavy (non-hydrogen) atoms. The first-order valence-corrected chi connectivity index (χ1v) is 6.43. The van der Waals surface area contributed by atoms with Crippen LogP contribution in [0.5, 0.6) is 0 Å². The van der Waals surface area contributed by atoms with Crippen molar-refractivity contribution in [2.75, 3.05) is 13.2 Å². The molecule has 2 atom stereocenters. The first kappa shape index (κ1) is 12.7. The highest BCUT2D eigenvalue weighted by Gasteiger charge is 2.43. The lowest BCUT2D eigenvalue weighted by molar-refractivity contribution is -0.127. The lowest BCUT2D eigenvalue weighted by Crippen LogP contribution is -2.45. The Bertz CT molecular complexity index is 418. The Balaban J connectivity index is 2.09. The number of hydrogen-bond donors (Lipinski definition) is 1. The number of carbonyl (C=O) groups excluding carboxylic acids is 1. The van der Waals surface area contributed by atoms with Crippen molar-refractivity contribution in [1.82, 2.24) is 0 Å². The van der Waals surface area contributed by atoms with Gasteiger partial charge in [0.2, 0.25) is 0 Å². The summed E-state index contributed by atoms with van der Waals surface area (Å²) in [4.78, 5) is 12.3. The second-order valence-electron chi connectivity index (χ2n) is 4.77. The molecule has 1 aliphatic heterocycles. The van der Waals surface area contributed by atoms with Crippen LogP contribution in [0.2, 0.25) is 0 Å². The van der Waals surface area contributed by atoms with Gasteiger partial charge in [0.1, 0.15) is 5.78 Å². The number of hydrogen-bond acceptors (Lipinski definition) is 3. The molecule has 0 spiro atoms. The molecule has 4 heteroatoms. The number of Topliss-reactive ketones (excluding diaryl/α,β-unsaturated/α-hetero) is 1. The van der Waals surface area contributed by atoms with E-state index in [0.29, 0.717) is 19.6 Å². The molecule has 1 aliphatic rings. The summed E-state index contributed by atoms with van der Waals surface area (Å²) in [6, 6.07) is 7.59. The Labute approximate surface area is 109 Å². The van der Waals surface area contributed by atoms with Gasteiger partial charge in [-0.1, -0.05) is 28.1 Å². The zero-order valence-electron chi connectivity index (χ0n) is 9.78. The van der Waals surface area contributed by atoms with Crippen molar-refractivity contribution in [3.8, 4) is 0 Å². The van der Waals surface area contributed by atoms with Crippen LogP contribution in [0.3, 0.4) is 0 Å². The van der Waals surface area contributed by atoms with Gasteiger partial charge in [-0.05, 0) is 24.6 Å². The molecular formula is C13H16BrNO2. The quantitative estimate of drug-likeness (QED) is 0.927. The predicted molar refractivity (Wildman–Crippen MR) is 69.8 cm³/mol. The van der Waals surface area contributed by atoms with Crippen LogP contribution in [0.25, 0.3) is 0 Å². The summed E-state index contributed by atoms with van der Waals surface area (Å²) in [6.45, 7) is 2.80. The number of rotatable bonds is 3. The Morgan fingerprint density at radius 3 is 2.71 bits per heavy atom. The lowest BCUT2D eigenvalue weighted by Gasteiger charge is -2.25. The van der Waals surface area contributed by atoms with Crippen molar-refractivity contribution in [3.63, 3.8) is 0 Å². The van der Waals surface area contributed by atoms with Gasteiger partial charge in [-0.15, -0.1) is 0 Å². The van der Waals surface area contributed by atoms with Crippen molar-refractivity contribution < 1.29 is 9.53 Å². The van der Waals surface area contributed by atoms with E-state index >= 15 is 0 Å². The maximum atomic E-state index is 12.3. The molecule has 0 aliphatic carbocycles. The summed E-state index contributed by atoms with van der Waals surface area (Å²) in [5.74, 6) is 0.157. The van der Waals surface area contributed by atoms with Gasteiger partial charge in [0.15, 0.2) is 0 Å². The highest BCUT2D eigenvalue weighted by atomic mass is 79.9. The van der Waals surface area contributed by atoms with Crippen LogP contribution in [-0.2, 0) is 16.0 Å². The van der Waals surface area contributed by atoms with Crippen LogP contribution in [0.15, 0.2) is 28.7 Å². The second-order valence-corrected chi connectivity index (χ2v) is 5.68. The molecule has 2 N–H and O–H groups in total. The molecule has 1 aromatic rings. The minimum atomic E-state index is -0.535. The molecule has 92 valence electrons. The Morgan fingerprint density at radius 1 is 1.53 bits per heavy atom. The molecule has 0 amide bonds. The fraction of sp³-hybridized carbons (Fsp3) is 0.462.